The van der Waals surface area contributed by atoms with E-state index in [4.69, 9.17) is 4.74 Å². The first-order chi connectivity index (χ1) is 10.2. The Morgan fingerprint density at radius 1 is 1.41 bits per heavy atom. The molecule has 120 valence electrons. The first-order valence-corrected chi connectivity index (χ1v) is 8.21. The van der Waals surface area contributed by atoms with E-state index in [0.29, 0.717) is 5.57 Å². The minimum Gasteiger partial charge on any atom is -0.468 e. The fraction of sp³-hybridized carbons (Fsp3) is 0.400. The predicted molar refractivity (Wildman–Crippen MR) is 80.0 cm³/mol. The lowest BCUT2D eigenvalue weighted by Crippen LogP contribution is -2.50. The number of hydrogen-bond acceptors (Lipinski definition) is 4. The number of carbonyl (C=O) groups excluding carboxylic acids is 1. The quantitative estimate of drug-likeness (QED) is 0.797. The number of carbonyl (C=O) groups is 1. The van der Waals surface area contributed by atoms with Crippen LogP contribution in [-0.4, -0.2) is 38.4 Å². The van der Waals surface area contributed by atoms with E-state index in [0.717, 1.165) is 16.4 Å². The number of fused-ring (bicyclic) bond motifs is 1. The lowest BCUT2D eigenvalue weighted by Gasteiger charge is -2.35. The van der Waals surface area contributed by atoms with Crippen LogP contribution < -0.4 is 0 Å². The number of hydrogen-bond donors (Lipinski definition) is 0. The van der Waals surface area contributed by atoms with E-state index in [1.165, 1.54) is 13.2 Å². The van der Waals surface area contributed by atoms with E-state index < -0.39 is 27.9 Å². The fourth-order valence-electron chi connectivity index (χ4n) is 2.58. The van der Waals surface area contributed by atoms with E-state index in [1.54, 1.807) is 13.8 Å². The number of sulfonamides is 1. The molecule has 0 aromatic heterocycles. The fourth-order valence-corrected chi connectivity index (χ4v) is 4.51. The van der Waals surface area contributed by atoms with Crippen LogP contribution in [0.2, 0.25) is 0 Å². The van der Waals surface area contributed by atoms with E-state index in [1.807, 2.05) is 0 Å². The largest absolute Gasteiger partial charge is 0.468 e. The average Bonchev–Trinajstić information content (AvgIpc) is 2.44. The number of ether oxygens (including phenoxy) is 1. The molecule has 0 amide bonds. The zero-order valence-electron chi connectivity index (χ0n) is 12.7. The molecule has 0 radical (unpaired) electrons. The third-order valence-electron chi connectivity index (χ3n) is 3.64. The van der Waals surface area contributed by atoms with Crippen LogP contribution in [0.3, 0.4) is 0 Å². The Morgan fingerprint density at radius 3 is 2.59 bits per heavy atom. The molecule has 1 aliphatic rings. The van der Waals surface area contributed by atoms with Crippen molar-refractivity contribution in [3.63, 3.8) is 0 Å². The van der Waals surface area contributed by atoms with Crippen molar-refractivity contribution in [2.45, 2.75) is 24.8 Å². The maximum absolute atomic E-state index is 13.4. The Hall–Kier alpha value is -1.73. The molecule has 2 rings (SSSR count). The van der Waals surface area contributed by atoms with Gasteiger partial charge in [0.15, 0.2) is 0 Å². The highest BCUT2D eigenvalue weighted by Crippen LogP contribution is 2.35. The molecular formula is C15H18FNO4S. The molecule has 1 aromatic rings. The van der Waals surface area contributed by atoms with E-state index in [-0.39, 0.29) is 22.9 Å². The highest BCUT2D eigenvalue weighted by molar-refractivity contribution is 7.89. The zero-order valence-corrected chi connectivity index (χ0v) is 13.5. The molecule has 5 nitrogen and oxygen atoms in total. The summed E-state index contributed by atoms with van der Waals surface area (Å²) < 4.78 is 44.7. The normalized spacial score (nSPS) is 18.9. The standard InChI is InChI=1S/C15H18FNO4S/c1-9(2)14(15(18)21-4)17-8-10(3)12-7-11(16)5-6-13(12)22(17,19)20/h5-7,9,14H,3,8H2,1-2,4H3/t14-/m1/s1. The van der Waals surface area contributed by atoms with Crippen molar-refractivity contribution in [1.82, 2.24) is 4.31 Å². The van der Waals surface area contributed by atoms with Crippen molar-refractivity contribution in [3.05, 3.63) is 36.2 Å². The smallest absolute Gasteiger partial charge is 0.324 e. The van der Waals surface area contributed by atoms with Gasteiger partial charge in [-0.1, -0.05) is 20.4 Å². The zero-order chi connectivity index (χ0) is 16.7. The number of rotatable bonds is 3. The van der Waals surface area contributed by atoms with Crippen LogP contribution in [0.4, 0.5) is 4.39 Å². The van der Waals surface area contributed by atoms with Gasteiger partial charge in [-0.15, -0.1) is 0 Å². The van der Waals surface area contributed by atoms with Gasteiger partial charge in [0.25, 0.3) is 0 Å². The van der Waals surface area contributed by atoms with Crippen LogP contribution in [0.1, 0.15) is 19.4 Å². The average molecular weight is 327 g/mol. The molecule has 0 fully saturated rings. The Morgan fingerprint density at radius 2 is 2.05 bits per heavy atom. The third-order valence-corrected chi connectivity index (χ3v) is 5.53. The topological polar surface area (TPSA) is 63.7 Å². The van der Waals surface area contributed by atoms with Crippen LogP contribution in [0.15, 0.2) is 29.7 Å². The monoisotopic (exact) mass is 327 g/mol. The summed E-state index contributed by atoms with van der Waals surface area (Å²) in [4.78, 5) is 12.0. The van der Waals surface area contributed by atoms with E-state index >= 15 is 0 Å². The maximum Gasteiger partial charge on any atom is 0.324 e. The summed E-state index contributed by atoms with van der Waals surface area (Å²) in [6.07, 6.45) is 0. The highest BCUT2D eigenvalue weighted by Gasteiger charge is 2.42. The Bertz CT molecular complexity index is 727. The van der Waals surface area contributed by atoms with Gasteiger partial charge >= 0.3 is 5.97 Å². The summed E-state index contributed by atoms with van der Waals surface area (Å²) in [5.74, 6) is -1.44. The molecule has 0 bridgehead atoms. The van der Waals surface area contributed by atoms with Gasteiger partial charge in [-0.3, -0.25) is 4.79 Å². The molecule has 7 heteroatoms. The van der Waals surface area contributed by atoms with Crippen molar-refractivity contribution < 1.29 is 22.3 Å². The van der Waals surface area contributed by atoms with Gasteiger partial charge < -0.3 is 4.74 Å². The highest BCUT2D eigenvalue weighted by atomic mass is 32.2. The van der Waals surface area contributed by atoms with Crippen molar-refractivity contribution in [1.29, 1.82) is 0 Å². The Balaban J connectivity index is 2.59. The molecule has 0 aliphatic carbocycles. The molecule has 0 saturated heterocycles. The van der Waals surface area contributed by atoms with Gasteiger partial charge in [-0.2, -0.15) is 4.31 Å². The predicted octanol–water partition coefficient (Wildman–Crippen LogP) is 2.04. The molecule has 1 heterocycles. The second-order valence-corrected chi connectivity index (χ2v) is 7.37. The van der Waals surface area contributed by atoms with Crippen LogP contribution in [0.5, 0.6) is 0 Å². The second-order valence-electron chi connectivity index (χ2n) is 5.51. The first-order valence-electron chi connectivity index (χ1n) is 6.77. The summed E-state index contributed by atoms with van der Waals surface area (Å²) >= 11 is 0. The Kier molecular flexibility index (Phi) is 4.39. The Labute approximate surface area is 129 Å². The van der Waals surface area contributed by atoms with Crippen LogP contribution >= 0.6 is 0 Å². The van der Waals surface area contributed by atoms with Crippen molar-refractivity contribution >= 4 is 21.6 Å². The number of methoxy groups -OCH3 is 1. The number of halogens is 1. The summed E-state index contributed by atoms with van der Waals surface area (Å²) in [6, 6.07) is 2.47. The van der Waals surface area contributed by atoms with E-state index in [9.17, 15) is 17.6 Å². The van der Waals surface area contributed by atoms with Gasteiger partial charge in [0.1, 0.15) is 11.9 Å². The first kappa shape index (κ1) is 16.6. The molecular weight excluding hydrogens is 309 g/mol. The minimum atomic E-state index is -3.93. The summed E-state index contributed by atoms with van der Waals surface area (Å²) in [5, 5.41) is 0. The molecule has 1 aliphatic heterocycles. The third kappa shape index (κ3) is 2.66. The molecule has 1 aromatic carbocycles. The van der Waals surface area contributed by atoms with Crippen LogP contribution in [0, 0.1) is 11.7 Å². The van der Waals surface area contributed by atoms with Gasteiger partial charge in [-0.05, 0) is 29.7 Å². The number of benzene rings is 1. The summed E-state index contributed by atoms with van der Waals surface area (Å²) in [5.41, 5.74) is 0.697. The lowest BCUT2D eigenvalue weighted by atomic mass is 10.0. The van der Waals surface area contributed by atoms with Crippen molar-refractivity contribution in [2.24, 2.45) is 5.92 Å². The molecule has 22 heavy (non-hydrogen) atoms. The second kappa shape index (κ2) is 5.81. The number of esters is 1. The van der Waals surface area contributed by atoms with Crippen LogP contribution in [0.25, 0.3) is 5.57 Å². The van der Waals surface area contributed by atoms with Crippen molar-refractivity contribution in [2.75, 3.05) is 13.7 Å². The van der Waals surface area contributed by atoms with Gasteiger partial charge in [0, 0.05) is 12.1 Å². The molecule has 0 N–H and O–H groups in total. The lowest BCUT2D eigenvalue weighted by molar-refractivity contribution is -0.146. The van der Waals surface area contributed by atoms with Gasteiger partial charge in [-0.25, -0.2) is 12.8 Å². The van der Waals surface area contributed by atoms with Crippen LogP contribution in [-0.2, 0) is 19.6 Å². The molecule has 1 atom stereocenters. The van der Waals surface area contributed by atoms with Gasteiger partial charge in [0.2, 0.25) is 10.0 Å². The number of nitrogens with zero attached hydrogens (tertiary/aromatic N) is 1. The summed E-state index contributed by atoms with van der Waals surface area (Å²) in [6.45, 7) is 7.21. The summed E-state index contributed by atoms with van der Waals surface area (Å²) in [7, 11) is -2.71. The van der Waals surface area contributed by atoms with E-state index in [2.05, 4.69) is 6.58 Å². The molecule has 0 saturated carbocycles. The molecule has 0 spiro atoms. The molecule has 0 unspecified atom stereocenters. The maximum atomic E-state index is 13.4. The SMILES string of the molecule is C=C1CN([C@@H](C(=O)OC)C(C)C)S(=O)(=O)c2ccc(F)cc21. The van der Waals surface area contributed by atoms with Crippen molar-refractivity contribution in [3.8, 4) is 0 Å². The minimum absolute atomic E-state index is 0.0419. The van der Waals surface area contributed by atoms with Gasteiger partial charge in [0.05, 0.1) is 12.0 Å².